The van der Waals surface area contributed by atoms with Crippen LogP contribution in [0.5, 0.6) is 5.75 Å². The highest BCUT2D eigenvalue weighted by Crippen LogP contribution is 2.19. The van der Waals surface area contributed by atoms with Gasteiger partial charge in [-0.15, -0.1) is 0 Å². The van der Waals surface area contributed by atoms with Gasteiger partial charge >= 0.3 is 0 Å². The van der Waals surface area contributed by atoms with Crippen molar-refractivity contribution in [2.45, 2.75) is 19.8 Å². The molecule has 0 aromatic heterocycles. The van der Waals surface area contributed by atoms with Crippen molar-refractivity contribution in [1.29, 1.82) is 0 Å². The molecule has 0 aliphatic heterocycles. The van der Waals surface area contributed by atoms with Gasteiger partial charge < -0.3 is 4.74 Å². The highest BCUT2D eigenvalue weighted by Gasteiger charge is 2.10. The Kier molecular flexibility index (Phi) is 7.00. The fourth-order valence-corrected chi connectivity index (χ4v) is 2.76. The molecule has 0 saturated carbocycles. The molecule has 29 heavy (non-hydrogen) atoms. The Bertz CT molecular complexity index is 953. The Labute approximate surface area is 170 Å². The van der Waals surface area contributed by atoms with E-state index in [0.29, 0.717) is 23.5 Å². The fourth-order valence-electron chi connectivity index (χ4n) is 2.76. The minimum absolute atomic E-state index is 0.381. The van der Waals surface area contributed by atoms with Gasteiger partial charge in [-0.3, -0.25) is 20.4 Å². The molecule has 3 aromatic rings. The smallest absolute Gasteiger partial charge is 0.269 e. The van der Waals surface area contributed by atoms with Gasteiger partial charge in [-0.1, -0.05) is 61.9 Å². The largest absolute Gasteiger partial charge is 0.494 e. The molecule has 0 heterocycles. The average Bonchev–Trinajstić information content (AvgIpc) is 2.78. The number of hydrogen-bond acceptors (Lipinski definition) is 3. The first kappa shape index (κ1) is 20.1. The van der Waals surface area contributed by atoms with Gasteiger partial charge in [0.1, 0.15) is 5.75 Å². The van der Waals surface area contributed by atoms with Crippen LogP contribution < -0.4 is 15.6 Å². The Hall–Kier alpha value is -3.60. The van der Waals surface area contributed by atoms with Crippen molar-refractivity contribution < 1.29 is 14.3 Å². The molecule has 0 bridgehead atoms. The summed E-state index contributed by atoms with van der Waals surface area (Å²) in [5, 5.41) is 0. The van der Waals surface area contributed by atoms with Crippen LogP contribution in [-0.2, 0) is 0 Å². The Morgan fingerprint density at radius 3 is 2.10 bits per heavy atom. The maximum atomic E-state index is 12.3. The molecule has 0 atom stereocenters. The van der Waals surface area contributed by atoms with Crippen molar-refractivity contribution >= 4 is 11.8 Å². The van der Waals surface area contributed by atoms with Crippen molar-refractivity contribution in [1.82, 2.24) is 10.9 Å². The number of hydrogen-bond donors (Lipinski definition) is 2. The molecule has 0 fully saturated rings. The lowest BCUT2D eigenvalue weighted by molar-refractivity contribution is 0.0846. The predicted octanol–water partition coefficient (Wildman–Crippen LogP) is 4.61. The molecule has 148 valence electrons. The average molecular weight is 388 g/mol. The van der Waals surface area contributed by atoms with E-state index in [1.54, 1.807) is 36.4 Å². The molecule has 5 heteroatoms. The monoisotopic (exact) mass is 388 g/mol. The number of hydrazine groups is 1. The first-order valence-corrected chi connectivity index (χ1v) is 9.66. The van der Waals surface area contributed by atoms with Crippen LogP contribution in [-0.4, -0.2) is 18.4 Å². The Morgan fingerprint density at radius 1 is 0.759 bits per heavy atom. The van der Waals surface area contributed by atoms with Crippen molar-refractivity contribution in [2.24, 2.45) is 0 Å². The molecular weight excluding hydrogens is 364 g/mol. The van der Waals surface area contributed by atoms with Crippen LogP contribution in [0.1, 0.15) is 40.5 Å². The van der Waals surface area contributed by atoms with Crippen LogP contribution in [0.3, 0.4) is 0 Å². The van der Waals surface area contributed by atoms with E-state index in [2.05, 4.69) is 17.8 Å². The van der Waals surface area contributed by atoms with Crippen LogP contribution in [0.4, 0.5) is 0 Å². The zero-order chi connectivity index (χ0) is 20.5. The van der Waals surface area contributed by atoms with E-state index >= 15 is 0 Å². The summed E-state index contributed by atoms with van der Waals surface area (Å²) in [4.78, 5) is 24.6. The standard InChI is InChI=1S/C24H24N2O3/c1-2-3-16-29-22-11-7-10-21(17-22)24(28)26-25-23(27)20-14-12-19(13-15-20)18-8-5-4-6-9-18/h4-15,17H,2-3,16H2,1H3,(H,25,27)(H,26,28). The highest BCUT2D eigenvalue weighted by atomic mass is 16.5. The third-order valence-corrected chi connectivity index (χ3v) is 4.41. The molecule has 0 radical (unpaired) electrons. The number of benzene rings is 3. The third-order valence-electron chi connectivity index (χ3n) is 4.41. The van der Waals surface area contributed by atoms with Gasteiger partial charge in [-0.25, -0.2) is 0 Å². The molecule has 0 unspecified atom stereocenters. The second-order valence-corrected chi connectivity index (χ2v) is 6.58. The summed E-state index contributed by atoms with van der Waals surface area (Å²) < 4.78 is 5.61. The van der Waals surface area contributed by atoms with Crippen molar-refractivity contribution in [3.63, 3.8) is 0 Å². The van der Waals surface area contributed by atoms with Crippen LogP contribution >= 0.6 is 0 Å². The summed E-state index contributed by atoms with van der Waals surface area (Å²) in [7, 11) is 0. The number of carbonyl (C=O) groups is 2. The second-order valence-electron chi connectivity index (χ2n) is 6.58. The molecule has 5 nitrogen and oxygen atoms in total. The van der Waals surface area contributed by atoms with Gasteiger partial charge in [0.15, 0.2) is 0 Å². The molecule has 3 rings (SSSR count). The summed E-state index contributed by atoms with van der Waals surface area (Å²) in [6.45, 7) is 2.70. The molecular formula is C24H24N2O3. The van der Waals surface area contributed by atoms with E-state index in [-0.39, 0.29) is 5.91 Å². The quantitative estimate of drug-likeness (QED) is 0.459. The molecule has 2 amide bonds. The summed E-state index contributed by atoms with van der Waals surface area (Å²) in [6.07, 6.45) is 1.99. The summed E-state index contributed by atoms with van der Waals surface area (Å²) in [6, 6.07) is 24.0. The number of amides is 2. The Morgan fingerprint density at radius 2 is 1.41 bits per heavy atom. The molecule has 0 aliphatic rings. The van der Waals surface area contributed by atoms with Gasteiger partial charge in [-0.2, -0.15) is 0 Å². The van der Waals surface area contributed by atoms with Gasteiger partial charge in [-0.05, 0) is 47.9 Å². The highest BCUT2D eigenvalue weighted by molar-refractivity contribution is 5.99. The van der Waals surface area contributed by atoms with Gasteiger partial charge in [0.05, 0.1) is 6.61 Å². The maximum Gasteiger partial charge on any atom is 0.269 e. The van der Waals surface area contributed by atoms with Crippen molar-refractivity contribution in [3.05, 3.63) is 90.0 Å². The molecule has 2 N–H and O–H groups in total. The van der Waals surface area contributed by atoms with Gasteiger partial charge in [0.25, 0.3) is 11.8 Å². The van der Waals surface area contributed by atoms with Crippen LogP contribution in [0.25, 0.3) is 11.1 Å². The minimum atomic E-state index is -0.403. The van der Waals surface area contributed by atoms with Crippen molar-refractivity contribution in [2.75, 3.05) is 6.61 Å². The van der Waals surface area contributed by atoms with E-state index in [4.69, 9.17) is 4.74 Å². The SMILES string of the molecule is CCCCOc1cccc(C(=O)NNC(=O)c2ccc(-c3ccccc3)cc2)c1. The summed E-state index contributed by atoms with van der Waals surface area (Å²) in [5.41, 5.74) is 7.87. The topological polar surface area (TPSA) is 67.4 Å². The van der Waals surface area contributed by atoms with E-state index in [0.717, 1.165) is 24.0 Å². The second kappa shape index (κ2) is 10.1. The molecule has 3 aromatic carbocycles. The lowest BCUT2D eigenvalue weighted by atomic mass is 10.0. The fraction of sp³-hybridized carbons (Fsp3) is 0.167. The number of unbranched alkanes of at least 4 members (excludes halogenated alkanes) is 1. The molecule has 0 spiro atoms. The first-order chi connectivity index (χ1) is 14.2. The van der Waals surface area contributed by atoms with E-state index in [9.17, 15) is 9.59 Å². The predicted molar refractivity (Wildman–Crippen MR) is 114 cm³/mol. The normalized spacial score (nSPS) is 10.2. The number of nitrogens with one attached hydrogen (secondary N) is 2. The molecule has 0 saturated heterocycles. The number of carbonyl (C=O) groups excluding carboxylic acids is 2. The van der Waals surface area contributed by atoms with Crippen LogP contribution in [0.15, 0.2) is 78.9 Å². The lowest BCUT2D eigenvalue weighted by Gasteiger charge is -2.10. The van der Waals surface area contributed by atoms with E-state index < -0.39 is 5.91 Å². The summed E-state index contributed by atoms with van der Waals surface area (Å²) >= 11 is 0. The van der Waals surface area contributed by atoms with Gasteiger partial charge in [0, 0.05) is 11.1 Å². The zero-order valence-electron chi connectivity index (χ0n) is 16.4. The maximum absolute atomic E-state index is 12.3. The summed E-state index contributed by atoms with van der Waals surface area (Å²) in [5.74, 6) is -0.151. The van der Waals surface area contributed by atoms with Crippen molar-refractivity contribution in [3.8, 4) is 16.9 Å². The van der Waals surface area contributed by atoms with Crippen LogP contribution in [0, 0.1) is 0 Å². The minimum Gasteiger partial charge on any atom is -0.494 e. The number of ether oxygens (including phenoxy) is 1. The first-order valence-electron chi connectivity index (χ1n) is 9.66. The molecule has 0 aliphatic carbocycles. The van der Waals surface area contributed by atoms with Crippen LogP contribution in [0.2, 0.25) is 0 Å². The zero-order valence-corrected chi connectivity index (χ0v) is 16.4. The third kappa shape index (κ3) is 5.69. The number of rotatable bonds is 7. The lowest BCUT2D eigenvalue weighted by Crippen LogP contribution is -2.41. The Balaban J connectivity index is 1.56. The van der Waals surface area contributed by atoms with E-state index in [1.165, 1.54) is 0 Å². The van der Waals surface area contributed by atoms with E-state index in [1.807, 2.05) is 42.5 Å². The van der Waals surface area contributed by atoms with Gasteiger partial charge in [0.2, 0.25) is 0 Å².